The zero-order chi connectivity index (χ0) is 19.9. The van der Waals surface area contributed by atoms with Gasteiger partial charge < -0.3 is 29.3 Å². The van der Waals surface area contributed by atoms with Gasteiger partial charge in [0.05, 0.1) is 13.2 Å². The number of carboxylic acid groups (broad SMARTS) is 2. The molecule has 0 aromatic rings. The molecule has 0 spiro atoms. The molecule has 0 atom stereocenters. The van der Waals surface area contributed by atoms with Gasteiger partial charge in [0.15, 0.2) is 0 Å². The predicted octanol–water partition coefficient (Wildman–Crippen LogP) is 0.119. The van der Waals surface area contributed by atoms with Crippen molar-refractivity contribution in [2.45, 2.75) is 77.0 Å². The Morgan fingerprint density at radius 2 is 0.889 bits per heavy atom. The first-order chi connectivity index (χ1) is 12.5. The number of carboxylic acids is 2. The van der Waals surface area contributed by atoms with E-state index < -0.39 is 11.9 Å². The van der Waals surface area contributed by atoms with Crippen LogP contribution in [0.25, 0.3) is 0 Å². The zero-order valence-electron chi connectivity index (χ0n) is 16.0. The molecule has 0 aliphatic carbocycles. The first kappa shape index (κ1) is 31.1. The molecule has 0 aliphatic rings. The quantitative estimate of drug-likeness (QED) is 0.159. The molecule has 0 saturated heterocycles. The van der Waals surface area contributed by atoms with Crippen LogP contribution >= 0.6 is 0 Å². The van der Waals surface area contributed by atoms with Crippen LogP contribution in [0.5, 0.6) is 0 Å². The van der Waals surface area contributed by atoms with Crippen molar-refractivity contribution in [3.05, 3.63) is 0 Å². The van der Waals surface area contributed by atoms with Crippen molar-refractivity contribution >= 4 is 70.4 Å². The Hall–Kier alpha value is -0.639. The monoisotopic (exact) mass is 462 g/mol. The Bertz CT molecular complexity index is 329. The second-order valence-electron chi connectivity index (χ2n) is 5.71. The van der Waals surface area contributed by atoms with Gasteiger partial charge in [-0.2, -0.15) is 0 Å². The van der Waals surface area contributed by atoms with Crippen LogP contribution in [-0.4, -0.2) is 83.6 Å². The van der Waals surface area contributed by atoms with Crippen LogP contribution in [0, 0.1) is 0 Å². The van der Waals surface area contributed by atoms with E-state index in [4.69, 9.17) is 0 Å². The normalized spacial score (nSPS) is 9.19. The third kappa shape index (κ3) is 36.9. The molecular weight excluding hydrogens is 432 g/mol. The van der Waals surface area contributed by atoms with Gasteiger partial charge in [-0.1, -0.05) is 38.5 Å². The average molecular weight is 462 g/mol. The Labute approximate surface area is 198 Å². The number of unbranched alkanes of at least 4 members (excludes halogenated alkanes) is 8. The number of ether oxygens (including phenoxy) is 2. The summed E-state index contributed by atoms with van der Waals surface area (Å²) in [4.78, 5) is 39.4. The number of carbonyl (C=O) groups is 4. The van der Waals surface area contributed by atoms with E-state index >= 15 is 0 Å². The average Bonchev–Trinajstić information content (AvgIpc) is 2.60. The predicted molar refractivity (Wildman–Crippen MR) is 95.2 cm³/mol. The van der Waals surface area contributed by atoms with Crippen molar-refractivity contribution in [1.82, 2.24) is 0 Å². The van der Waals surface area contributed by atoms with Crippen LogP contribution in [0.2, 0.25) is 0 Å². The molecule has 0 N–H and O–H groups in total. The summed E-state index contributed by atoms with van der Waals surface area (Å²) >= 11 is 0. The summed E-state index contributed by atoms with van der Waals surface area (Å²) in [5, 5.41) is 20.0. The number of aliphatic carboxylic acids is 2. The molecule has 27 heavy (non-hydrogen) atoms. The maximum atomic E-state index is 10.0. The first-order valence-electron chi connectivity index (χ1n) is 9.04. The molecule has 0 heterocycles. The number of carbonyl (C=O) groups excluding carboxylic acids is 4. The fraction of sp³-hybridized carbons (Fsp3) is 0.778. The Kier molecular flexibility index (Phi) is 31.7. The Balaban J connectivity index is -0.000000411. The molecule has 0 aromatic heterocycles. The number of hydrogen-bond donors (Lipinski definition) is 0. The van der Waals surface area contributed by atoms with Gasteiger partial charge in [-0.25, -0.2) is 0 Å². The van der Waals surface area contributed by atoms with Crippen molar-refractivity contribution in [3.63, 3.8) is 0 Å². The number of rotatable bonds is 18. The maximum Gasteiger partial charge on any atom is 2.00 e. The Morgan fingerprint density at radius 1 is 0.593 bits per heavy atom. The van der Waals surface area contributed by atoms with Crippen molar-refractivity contribution in [2.24, 2.45) is 0 Å². The fourth-order valence-corrected chi connectivity index (χ4v) is 2.07. The largest absolute Gasteiger partial charge is 2.00 e. The van der Waals surface area contributed by atoms with E-state index in [0.29, 0.717) is 39.0 Å². The standard InChI is InChI=1S/2C9H16O4.Sr/c2*10-8-13-7-5-3-1-2-4-6-9(11)12;/h2*8H,1-7H2,(H,11,12);/q;;+2/p-2. The SMILES string of the molecule is O=COCCCCCCCC(=O)[O-].O=COCCCCCCCC(=O)[O-].[Sr+2]. The summed E-state index contributed by atoms with van der Waals surface area (Å²) in [6.45, 7) is 1.81. The minimum absolute atomic E-state index is 0. The molecule has 0 aromatic carbocycles. The molecule has 0 rings (SSSR count). The molecule has 0 aliphatic heterocycles. The van der Waals surface area contributed by atoms with Crippen LogP contribution < -0.4 is 10.2 Å². The van der Waals surface area contributed by atoms with Crippen LogP contribution in [-0.2, 0) is 28.7 Å². The van der Waals surface area contributed by atoms with Crippen molar-refractivity contribution in [1.29, 1.82) is 0 Å². The van der Waals surface area contributed by atoms with Gasteiger partial charge in [-0.3, -0.25) is 9.59 Å². The second kappa shape index (κ2) is 27.6. The van der Waals surface area contributed by atoms with E-state index in [1.54, 1.807) is 0 Å². The van der Waals surface area contributed by atoms with Gasteiger partial charge in [0.2, 0.25) is 0 Å². The van der Waals surface area contributed by atoms with E-state index in [0.717, 1.165) is 51.4 Å². The van der Waals surface area contributed by atoms with Gasteiger partial charge in [0.25, 0.3) is 12.9 Å². The summed E-state index contributed by atoms with van der Waals surface area (Å²) in [7, 11) is 0. The summed E-state index contributed by atoms with van der Waals surface area (Å²) in [6, 6.07) is 0. The third-order valence-corrected chi connectivity index (χ3v) is 3.42. The molecule has 8 nitrogen and oxygen atoms in total. The minimum atomic E-state index is -0.982. The molecule has 0 saturated carbocycles. The van der Waals surface area contributed by atoms with E-state index in [2.05, 4.69) is 9.47 Å². The number of hydrogen-bond acceptors (Lipinski definition) is 8. The van der Waals surface area contributed by atoms with Crippen LogP contribution in [0.4, 0.5) is 0 Å². The van der Waals surface area contributed by atoms with Crippen molar-refractivity contribution < 1.29 is 38.9 Å². The summed E-state index contributed by atoms with van der Waals surface area (Å²) in [5.41, 5.74) is 0. The summed E-state index contributed by atoms with van der Waals surface area (Å²) < 4.78 is 8.99. The van der Waals surface area contributed by atoms with Gasteiger partial charge in [-0.15, -0.1) is 0 Å². The van der Waals surface area contributed by atoms with Crippen LogP contribution in [0.1, 0.15) is 77.0 Å². The second-order valence-corrected chi connectivity index (χ2v) is 5.71. The Morgan fingerprint density at radius 3 is 1.19 bits per heavy atom. The molecule has 0 unspecified atom stereocenters. The molecule has 0 fully saturated rings. The van der Waals surface area contributed by atoms with Gasteiger partial charge in [0.1, 0.15) is 0 Å². The van der Waals surface area contributed by atoms with Crippen LogP contribution in [0.3, 0.4) is 0 Å². The van der Waals surface area contributed by atoms with Gasteiger partial charge in [-0.05, 0) is 38.5 Å². The van der Waals surface area contributed by atoms with E-state index in [-0.39, 0.29) is 58.3 Å². The van der Waals surface area contributed by atoms with Gasteiger partial charge >= 0.3 is 45.5 Å². The first-order valence-corrected chi connectivity index (χ1v) is 9.04. The fourth-order valence-electron chi connectivity index (χ4n) is 2.07. The molecule has 0 amide bonds. The van der Waals surface area contributed by atoms with E-state index in [1.165, 1.54) is 0 Å². The molecule has 9 heteroatoms. The van der Waals surface area contributed by atoms with E-state index in [9.17, 15) is 29.4 Å². The molecule has 0 radical (unpaired) electrons. The smallest absolute Gasteiger partial charge is 0.550 e. The summed E-state index contributed by atoms with van der Waals surface area (Å²) in [6.07, 6.45) is 9.05. The van der Waals surface area contributed by atoms with Crippen molar-refractivity contribution in [3.8, 4) is 0 Å². The van der Waals surface area contributed by atoms with Crippen LogP contribution in [0.15, 0.2) is 0 Å². The van der Waals surface area contributed by atoms with Gasteiger partial charge in [0, 0.05) is 11.9 Å². The zero-order valence-corrected chi connectivity index (χ0v) is 19.5. The summed E-state index contributed by atoms with van der Waals surface area (Å²) in [5.74, 6) is -1.96. The minimum Gasteiger partial charge on any atom is -0.550 e. The van der Waals surface area contributed by atoms with Crippen molar-refractivity contribution in [2.75, 3.05) is 13.2 Å². The topological polar surface area (TPSA) is 133 Å². The maximum absolute atomic E-state index is 10.0. The van der Waals surface area contributed by atoms with E-state index in [1.807, 2.05) is 0 Å². The molecular formula is C18H30O8Sr. The third-order valence-electron chi connectivity index (χ3n) is 3.42. The molecule has 152 valence electrons. The molecule has 0 bridgehead atoms.